The predicted octanol–water partition coefficient (Wildman–Crippen LogP) is 17.7. The lowest BCUT2D eigenvalue weighted by Crippen LogP contribution is -2.61. The van der Waals surface area contributed by atoms with E-state index in [1.165, 1.54) is 87.9 Å². The van der Waals surface area contributed by atoms with Crippen LogP contribution in [0.2, 0.25) is 0 Å². The molecule has 2 heterocycles. The average Bonchev–Trinajstić information content (AvgIpc) is 3.53. The summed E-state index contributed by atoms with van der Waals surface area (Å²) in [6.07, 6.45) is 0. The summed E-state index contributed by atoms with van der Waals surface area (Å²) in [6, 6.07) is 107. The molecule has 354 valence electrons. The van der Waals surface area contributed by atoms with E-state index in [1.54, 1.807) is 0 Å². The molecule has 76 heavy (non-hydrogen) atoms. The van der Waals surface area contributed by atoms with Crippen molar-refractivity contribution in [3.05, 3.63) is 291 Å². The van der Waals surface area contributed by atoms with E-state index in [0.29, 0.717) is 0 Å². The summed E-state index contributed by atoms with van der Waals surface area (Å²) in [7, 11) is 0. The van der Waals surface area contributed by atoms with Gasteiger partial charge in [-0.2, -0.15) is 0 Å². The van der Waals surface area contributed by atoms with Crippen LogP contribution in [-0.4, -0.2) is 6.71 Å². The van der Waals surface area contributed by atoms with Crippen molar-refractivity contribution >= 4 is 107 Å². The van der Waals surface area contributed by atoms with Crippen molar-refractivity contribution < 1.29 is 0 Å². The third-order valence-electron chi connectivity index (χ3n) is 15.8. The van der Waals surface area contributed by atoms with Gasteiger partial charge in [0.05, 0.1) is 0 Å². The molecule has 0 N–H and O–H groups in total. The molecule has 4 heteroatoms. The number of hydrogen-bond acceptors (Lipinski definition) is 3. The van der Waals surface area contributed by atoms with Crippen LogP contribution in [0.3, 0.4) is 0 Å². The van der Waals surface area contributed by atoms with Gasteiger partial charge in [-0.25, -0.2) is 0 Å². The monoisotopic (exact) mass is 965 g/mol. The van der Waals surface area contributed by atoms with Gasteiger partial charge in [0.15, 0.2) is 0 Å². The van der Waals surface area contributed by atoms with E-state index in [9.17, 15) is 0 Å². The molecule has 0 atom stereocenters. The van der Waals surface area contributed by atoms with E-state index in [2.05, 4.69) is 306 Å². The van der Waals surface area contributed by atoms with Crippen molar-refractivity contribution in [2.75, 3.05) is 14.7 Å². The SMILES string of the molecule is c1ccc(-c2ccc(-c3c4ccccc4c(-c4cc5c6c(c4)N(c4ccccc4)c4cc(N(c7ccccc7)c7ccccc7)ccc4B6c4ccccc4N5c4ccccc4)c4ccccc34)c3ccccc23)cc1. The van der Waals surface area contributed by atoms with Gasteiger partial charge in [-0.05, 0) is 161 Å². The number of nitrogens with zero attached hydrogens (tertiary/aromatic N) is 3. The Bertz CT molecular complexity index is 4260. The highest BCUT2D eigenvalue weighted by Crippen LogP contribution is 2.51. The first-order chi connectivity index (χ1) is 37.8. The number of anilines is 9. The Labute approximate surface area is 443 Å². The molecule has 2 aliphatic heterocycles. The highest BCUT2D eigenvalue weighted by molar-refractivity contribution is 7.00. The van der Waals surface area contributed by atoms with Gasteiger partial charge in [0.25, 0.3) is 6.71 Å². The fraction of sp³-hybridized carbons (Fsp3) is 0. The van der Waals surface area contributed by atoms with Crippen molar-refractivity contribution in [2.45, 2.75) is 0 Å². The van der Waals surface area contributed by atoms with E-state index >= 15 is 0 Å². The molecule has 2 aliphatic rings. The minimum Gasteiger partial charge on any atom is -0.311 e. The van der Waals surface area contributed by atoms with Crippen molar-refractivity contribution in [3.63, 3.8) is 0 Å². The Morgan fingerprint density at radius 3 is 1.25 bits per heavy atom. The van der Waals surface area contributed by atoms with Crippen molar-refractivity contribution in [1.29, 1.82) is 0 Å². The molecule has 0 radical (unpaired) electrons. The number of para-hydroxylation sites is 5. The minimum atomic E-state index is -0.0517. The van der Waals surface area contributed by atoms with Crippen LogP contribution in [0.4, 0.5) is 51.2 Å². The molecular formula is C72H48BN3. The van der Waals surface area contributed by atoms with E-state index in [-0.39, 0.29) is 6.71 Å². The highest BCUT2D eigenvalue weighted by atomic mass is 15.2. The third kappa shape index (κ3) is 6.92. The summed E-state index contributed by atoms with van der Waals surface area (Å²) >= 11 is 0. The molecule has 0 unspecified atom stereocenters. The lowest BCUT2D eigenvalue weighted by Gasteiger charge is -2.44. The first-order valence-electron chi connectivity index (χ1n) is 26.3. The van der Waals surface area contributed by atoms with Crippen molar-refractivity contribution in [2.24, 2.45) is 0 Å². The lowest BCUT2D eigenvalue weighted by atomic mass is 9.33. The lowest BCUT2D eigenvalue weighted by molar-refractivity contribution is 1.24. The summed E-state index contributed by atoms with van der Waals surface area (Å²) in [5.74, 6) is 0. The largest absolute Gasteiger partial charge is 0.311 e. The predicted molar refractivity (Wildman–Crippen MR) is 324 cm³/mol. The van der Waals surface area contributed by atoms with Crippen LogP contribution >= 0.6 is 0 Å². The molecule has 0 fully saturated rings. The molecule has 0 aliphatic carbocycles. The highest BCUT2D eigenvalue weighted by Gasteiger charge is 2.44. The third-order valence-corrected chi connectivity index (χ3v) is 15.8. The first kappa shape index (κ1) is 43.7. The number of hydrogen-bond donors (Lipinski definition) is 0. The van der Waals surface area contributed by atoms with Gasteiger partial charge in [0.2, 0.25) is 0 Å². The smallest absolute Gasteiger partial charge is 0.252 e. The van der Waals surface area contributed by atoms with Gasteiger partial charge in [-0.15, -0.1) is 0 Å². The van der Waals surface area contributed by atoms with Gasteiger partial charge in [-0.3, -0.25) is 0 Å². The van der Waals surface area contributed by atoms with Crippen LogP contribution in [0, 0.1) is 0 Å². The summed E-state index contributed by atoms with van der Waals surface area (Å²) in [4.78, 5) is 7.44. The maximum Gasteiger partial charge on any atom is 0.252 e. The molecule has 0 amide bonds. The van der Waals surface area contributed by atoms with Crippen LogP contribution in [0.1, 0.15) is 0 Å². The zero-order valence-electron chi connectivity index (χ0n) is 41.6. The van der Waals surface area contributed by atoms with E-state index in [1.807, 2.05) is 0 Å². The van der Waals surface area contributed by atoms with Gasteiger partial charge in [0.1, 0.15) is 0 Å². The van der Waals surface area contributed by atoms with Crippen LogP contribution in [0.15, 0.2) is 291 Å². The Morgan fingerprint density at radius 1 is 0.263 bits per heavy atom. The summed E-state index contributed by atoms with van der Waals surface area (Å²) in [5, 5.41) is 7.35. The number of benzene rings is 13. The van der Waals surface area contributed by atoms with Gasteiger partial charge in [0, 0.05) is 51.2 Å². The second-order valence-electron chi connectivity index (χ2n) is 19.9. The van der Waals surface area contributed by atoms with Crippen LogP contribution in [0.5, 0.6) is 0 Å². The summed E-state index contributed by atoms with van der Waals surface area (Å²) in [6.45, 7) is -0.0517. The van der Waals surface area contributed by atoms with E-state index in [4.69, 9.17) is 0 Å². The number of fused-ring (bicyclic) bond motifs is 7. The second-order valence-corrected chi connectivity index (χ2v) is 19.9. The fourth-order valence-corrected chi connectivity index (χ4v) is 12.6. The van der Waals surface area contributed by atoms with Crippen LogP contribution < -0.4 is 31.1 Å². The van der Waals surface area contributed by atoms with Crippen LogP contribution in [0.25, 0.3) is 65.7 Å². The van der Waals surface area contributed by atoms with Gasteiger partial charge < -0.3 is 14.7 Å². The Morgan fingerprint density at radius 2 is 0.684 bits per heavy atom. The van der Waals surface area contributed by atoms with Gasteiger partial charge in [-0.1, -0.05) is 212 Å². The van der Waals surface area contributed by atoms with Gasteiger partial charge >= 0.3 is 0 Å². The minimum absolute atomic E-state index is 0.0517. The standard InChI is InChI=1S/C72H48BN3/c1-6-24-49(25-7-1)56-43-44-63(58-35-17-16-34-57(56)58)71-61-38-20-18-36-59(61)70(60-37-19-21-39-62(60)71)50-46-68-72-69(47-50)76(54-32-14-5-15-33-54)67-48-55(74(51-26-8-2-9-27-51)52-28-10-3-11-29-52)42-45-65(67)73(72)64-40-22-23-41-66(64)75(68)53-30-12-4-13-31-53/h1-48H. The summed E-state index contributed by atoms with van der Waals surface area (Å²) in [5.41, 5.74) is 21.3. The molecule has 13 aromatic carbocycles. The molecular weight excluding hydrogens is 918 g/mol. The van der Waals surface area contributed by atoms with E-state index in [0.717, 1.165) is 45.4 Å². The Kier molecular flexibility index (Phi) is 10.3. The molecule has 0 saturated carbocycles. The zero-order valence-corrected chi connectivity index (χ0v) is 41.6. The molecule has 13 aromatic rings. The Balaban J connectivity index is 1.03. The molecule has 0 spiro atoms. The molecule has 15 rings (SSSR count). The maximum absolute atomic E-state index is 2.54. The average molecular weight is 966 g/mol. The van der Waals surface area contributed by atoms with Crippen LogP contribution in [-0.2, 0) is 0 Å². The molecule has 0 aromatic heterocycles. The maximum atomic E-state index is 2.54. The Hall–Kier alpha value is -9.90. The van der Waals surface area contributed by atoms with Crippen molar-refractivity contribution in [1.82, 2.24) is 0 Å². The van der Waals surface area contributed by atoms with E-state index < -0.39 is 0 Å². The first-order valence-corrected chi connectivity index (χ1v) is 26.3. The molecule has 0 saturated heterocycles. The molecule has 0 bridgehead atoms. The topological polar surface area (TPSA) is 9.72 Å². The second kappa shape index (κ2) is 17.9. The fourth-order valence-electron chi connectivity index (χ4n) is 12.6. The quantitative estimate of drug-likeness (QED) is 0.111. The summed E-state index contributed by atoms with van der Waals surface area (Å²) < 4.78 is 0. The zero-order chi connectivity index (χ0) is 50.1. The normalized spacial score (nSPS) is 12.4. The number of rotatable bonds is 8. The molecule has 3 nitrogen and oxygen atoms in total. The van der Waals surface area contributed by atoms with Crippen molar-refractivity contribution in [3.8, 4) is 33.4 Å².